The molecular formula is C9H15FO. The summed E-state index contributed by atoms with van der Waals surface area (Å²) in [6.07, 6.45) is 2.48. The average Bonchev–Trinajstić information content (AvgIpc) is 2.01. The van der Waals surface area contributed by atoms with E-state index in [0.29, 0.717) is 5.92 Å². The minimum Gasteiger partial charge on any atom is -0.386 e. The fourth-order valence-corrected chi connectivity index (χ4v) is 1.59. The molecule has 0 aromatic rings. The summed E-state index contributed by atoms with van der Waals surface area (Å²) in [6, 6.07) is 0. The molecule has 0 aromatic carbocycles. The van der Waals surface area contributed by atoms with Crippen LogP contribution in [0.2, 0.25) is 0 Å². The van der Waals surface area contributed by atoms with E-state index in [2.05, 4.69) is 0 Å². The lowest BCUT2D eigenvalue weighted by molar-refractivity contribution is 0.0540. The quantitative estimate of drug-likeness (QED) is 0.578. The van der Waals surface area contributed by atoms with Gasteiger partial charge >= 0.3 is 0 Å². The highest BCUT2D eigenvalue weighted by molar-refractivity contribution is 5.05. The summed E-state index contributed by atoms with van der Waals surface area (Å²) in [7, 11) is 0. The maximum atomic E-state index is 13.1. The molecule has 0 heterocycles. The number of hydrogen-bond acceptors (Lipinski definition) is 1. The Morgan fingerprint density at radius 2 is 2.09 bits per heavy atom. The molecule has 1 N–H and O–H groups in total. The second kappa shape index (κ2) is 3.35. The Morgan fingerprint density at radius 1 is 1.45 bits per heavy atom. The van der Waals surface area contributed by atoms with Crippen molar-refractivity contribution in [2.24, 2.45) is 11.8 Å². The fraction of sp³-hybridized carbons (Fsp3) is 0.778. The molecule has 4 unspecified atom stereocenters. The van der Waals surface area contributed by atoms with Crippen LogP contribution in [-0.4, -0.2) is 17.4 Å². The molecule has 0 spiro atoms. The number of halogens is 1. The molecule has 64 valence electrons. The Hall–Kier alpha value is -0.370. The Kier molecular flexibility index (Phi) is 2.66. The third kappa shape index (κ3) is 1.62. The molecule has 0 aromatic heterocycles. The van der Waals surface area contributed by atoms with Crippen LogP contribution in [0.25, 0.3) is 0 Å². The zero-order chi connectivity index (χ0) is 8.43. The molecule has 0 fully saturated rings. The number of rotatable bonds is 1. The number of aliphatic hydroxyl groups excluding tert-OH is 1. The van der Waals surface area contributed by atoms with Gasteiger partial charge in [-0.1, -0.05) is 26.0 Å². The van der Waals surface area contributed by atoms with Crippen molar-refractivity contribution in [1.29, 1.82) is 0 Å². The van der Waals surface area contributed by atoms with Crippen molar-refractivity contribution in [2.45, 2.75) is 32.5 Å². The highest BCUT2D eigenvalue weighted by atomic mass is 19.1. The zero-order valence-corrected chi connectivity index (χ0v) is 7.00. The van der Waals surface area contributed by atoms with E-state index < -0.39 is 12.3 Å². The van der Waals surface area contributed by atoms with Gasteiger partial charge in [0.1, 0.15) is 12.3 Å². The molecular weight excluding hydrogens is 143 g/mol. The number of hydrogen-bond donors (Lipinski definition) is 1. The van der Waals surface area contributed by atoms with Gasteiger partial charge in [0.2, 0.25) is 0 Å². The van der Waals surface area contributed by atoms with Crippen molar-refractivity contribution < 1.29 is 9.50 Å². The SMILES string of the molecule is CCC1C=CC(O)C(F)C1C. The van der Waals surface area contributed by atoms with Crippen LogP contribution in [0.1, 0.15) is 20.3 Å². The van der Waals surface area contributed by atoms with E-state index in [1.165, 1.54) is 0 Å². The van der Waals surface area contributed by atoms with Crippen LogP contribution in [0.15, 0.2) is 12.2 Å². The summed E-state index contributed by atoms with van der Waals surface area (Å²) in [5, 5.41) is 9.10. The van der Waals surface area contributed by atoms with Gasteiger partial charge in [-0.05, 0) is 18.3 Å². The molecule has 0 saturated heterocycles. The molecule has 0 radical (unpaired) electrons. The maximum Gasteiger partial charge on any atom is 0.133 e. The van der Waals surface area contributed by atoms with E-state index in [1.807, 2.05) is 19.9 Å². The standard InChI is InChI=1S/C9H15FO/c1-3-7-4-5-8(11)9(10)6(7)2/h4-9,11H,3H2,1-2H3. The predicted octanol–water partition coefficient (Wildman–Crippen LogP) is 1.92. The van der Waals surface area contributed by atoms with Gasteiger partial charge < -0.3 is 5.11 Å². The van der Waals surface area contributed by atoms with Crippen LogP contribution in [0, 0.1) is 11.8 Å². The molecule has 4 atom stereocenters. The van der Waals surface area contributed by atoms with E-state index in [0.717, 1.165) is 6.42 Å². The van der Waals surface area contributed by atoms with Gasteiger partial charge in [-0.25, -0.2) is 4.39 Å². The lowest BCUT2D eigenvalue weighted by Crippen LogP contribution is -2.34. The van der Waals surface area contributed by atoms with Crippen LogP contribution in [0.5, 0.6) is 0 Å². The van der Waals surface area contributed by atoms with Crippen LogP contribution in [0.4, 0.5) is 4.39 Å². The molecule has 1 rings (SSSR count). The summed E-state index contributed by atoms with van der Waals surface area (Å²) in [5.41, 5.74) is 0. The van der Waals surface area contributed by atoms with E-state index in [4.69, 9.17) is 5.11 Å². The molecule has 0 saturated carbocycles. The minimum atomic E-state index is -1.08. The molecule has 2 heteroatoms. The molecule has 11 heavy (non-hydrogen) atoms. The van der Waals surface area contributed by atoms with Crippen molar-refractivity contribution in [2.75, 3.05) is 0 Å². The van der Waals surface area contributed by atoms with Crippen LogP contribution < -0.4 is 0 Å². The highest BCUT2D eigenvalue weighted by Gasteiger charge is 2.31. The molecule has 1 nitrogen and oxygen atoms in total. The molecule has 0 bridgehead atoms. The van der Waals surface area contributed by atoms with Crippen LogP contribution >= 0.6 is 0 Å². The summed E-state index contributed by atoms with van der Waals surface area (Å²) < 4.78 is 13.1. The van der Waals surface area contributed by atoms with Gasteiger partial charge in [-0.2, -0.15) is 0 Å². The summed E-state index contributed by atoms with van der Waals surface area (Å²) >= 11 is 0. The highest BCUT2D eigenvalue weighted by Crippen LogP contribution is 2.29. The molecule has 0 amide bonds. The van der Waals surface area contributed by atoms with Gasteiger partial charge in [0.25, 0.3) is 0 Å². The monoisotopic (exact) mass is 158 g/mol. The van der Waals surface area contributed by atoms with Crippen molar-refractivity contribution in [1.82, 2.24) is 0 Å². The zero-order valence-electron chi connectivity index (χ0n) is 7.00. The first-order valence-corrected chi connectivity index (χ1v) is 4.17. The smallest absolute Gasteiger partial charge is 0.133 e. The predicted molar refractivity (Wildman–Crippen MR) is 43.0 cm³/mol. The largest absolute Gasteiger partial charge is 0.386 e. The molecule has 1 aliphatic rings. The Balaban J connectivity index is 2.68. The normalized spacial score (nSPS) is 44.4. The lowest BCUT2D eigenvalue weighted by atomic mass is 9.81. The number of alkyl halides is 1. The first-order valence-electron chi connectivity index (χ1n) is 4.17. The lowest BCUT2D eigenvalue weighted by Gasteiger charge is -2.29. The van der Waals surface area contributed by atoms with Crippen molar-refractivity contribution >= 4 is 0 Å². The van der Waals surface area contributed by atoms with Gasteiger partial charge in [0.15, 0.2) is 0 Å². The van der Waals surface area contributed by atoms with Crippen molar-refractivity contribution in [3.05, 3.63) is 12.2 Å². The molecule has 1 aliphatic carbocycles. The average molecular weight is 158 g/mol. The second-order valence-corrected chi connectivity index (χ2v) is 3.25. The number of aliphatic hydroxyl groups is 1. The van der Waals surface area contributed by atoms with E-state index >= 15 is 0 Å². The van der Waals surface area contributed by atoms with Gasteiger partial charge in [-0.15, -0.1) is 0 Å². The third-order valence-electron chi connectivity index (χ3n) is 2.53. The van der Waals surface area contributed by atoms with E-state index in [-0.39, 0.29) is 5.92 Å². The Bertz CT molecular complexity index is 156. The van der Waals surface area contributed by atoms with Gasteiger partial charge in [-0.3, -0.25) is 0 Å². The number of allylic oxidation sites excluding steroid dienone is 1. The van der Waals surface area contributed by atoms with E-state index in [9.17, 15) is 4.39 Å². The fourth-order valence-electron chi connectivity index (χ4n) is 1.59. The molecule has 0 aliphatic heterocycles. The van der Waals surface area contributed by atoms with Crippen LogP contribution in [0.3, 0.4) is 0 Å². The summed E-state index contributed by atoms with van der Waals surface area (Å²) in [6.45, 7) is 3.89. The topological polar surface area (TPSA) is 20.2 Å². The summed E-state index contributed by atoms with van der Waals surface area (Å²) in [5.74, 6) is 0.258. The van der Waals surface area contributed by atoms with Crippen molar-refractivity contribution in [3.8, 4) is 0 Å². The summed E-state index contributed by atoms with van der Waals surface area (Å²) in [4.78, 5) is 0. The first kappa shape index (κ1) is 8.72. The van der Waals surface area contributed by atoms with E-state index in [1.54, 1.807) is 6.08 Å². The van der Waals surface area contributed by atoms with Gasteiger partial charge in [0.05, 0.1) is 0 Å². The maximum absolute atomic E-state index is 13.1. The second-order valence-electron chi connectivity index (χ2n) is 3.25. The minimum absolute atomic E-state index is 0.0417. The van der Waals surface area contributed by atoms with Gasteiger partial charge in [0, 0.05) is 0 Å². The van der Waals surface area contributed by atoms with Crippen molar-refractivity contribution in [3.63, 3.8) is 0 Å². The Morgan fingerprint density at radius 3 is 2.64 bits per heavy atom. The first-order chi connectivity index (χ1) is 5.16. The third-order valence-corrected chi connectivity index (χ3v) is 2.53. The Labute approximate surface area is 66.9 Å². The van der Waals surface area contributed by atoms with Crippen LogP contribution in [-0.2, 0) is 0 Å².